The Bertz CT molecular complexity index is 537. The maximum Gasteiger partial charge on any atom is 0.131 e. The Balaban J connectivity index is 2.05. The molecule has 2 aromatic rings. The SMILES string of the molecule is COCCNCc1nccn1Cc1c(F)cccc1F. The number of nitrogens with zero attached hydrogens (tertiary/aromatic N) is 2. The quantitative estimate of drug-likeness (QED) is 0.788. The van der Waals surface area contributed by atoms with Crippen LogP contribution in [-0.4, -0.2) is 29.8 Å². The molecule has 0 amide bonds. The fraction of sp³-hybridized carbons (Fsp3) is 0.357. The van der Waals surface area contributed by atoms with Gasteiger partial charge in [0.15, 0.2) is 0 Å². The molecule has 0 fully saturated rings. The van der Waals surface area contributed by atoms with Gasteiger partial charge in [0.05, 0.1) is 19.7 Å². The number of hydrogen-bond acceptors (Lipinski definition) is 3. The molecule has 2 rings (SSSR count). The zero-order valence-corrected chi connectivity index (χ0v) is 11.3. The lowest BCUT2D eigenvalue weighted by Gasteiger charge is -2.10. The number of imidazole rings is 1. The van der Waals surface area contributed by atoms with Crippen LogP contribution in [0.3, 0.4) is 0 Å². The van der Waals surface area contributed by atoms with E-state index in [9.17, 15) is 8.78 Å². The molecule has 1 aromatic carbocycles. The summed E-state index contributed by atoms with van der Waals surface area (Å²) >= 11 is 0. The molecule has 0 atom stereocenters. The second-order valence-electron chi connectivity index (χ2n) is 4.34. The van der Waals surface area contributed by atoms with Gasteiger partial charge in [-0.2, -0.15) is 0 Å². The van der Waals surface area contributed by atoms with Gasteiger partial charge in [-0.05, 0) is 12.1 Å². The van der Waals surface area contributed by atoms with Crippen LogP contribution in [0.2, 0.25) is 0 Å². The number of halogens is 2. The summed E-state index contributed by atoms with van der Waals surface area (Å²) in [7, 11) is 1.63. The van der Waals surface area contributed by atoms with Crippen molar-refractivity contribution in [1.29, 1.82) is 0 Å². The molecule has 0 saturated heterocycles. The molecule has 6 heteroatoms. The van der Waals surface area contributed by atoms with Gasteiger partial charge in [0.2, 0.25) is 0 Å². The second kappa shape index (κ2) is 7.12. The van der Waals surface area contributed by atoms with E-state index in [1.54, 1.807) is 24.1 Å². The molecule has 20 heavy (non-hydrogen) atoms. The summed E-state index contributed by atoms with van der Waals surface area (Å²) in [5.41, 5.74) is 0.0450. The fourth-order valence-corrected chi connectivity index (χ4v) is 1.88. The molecular weight excluding hydrogens is 264 g/mol. The van der Waals surface area contributed by atoms with Crippen LogP contribution in [0.1, 0.15) is 11.4 Å². The first-order valence-electron chi connectivity index (χ1n) is 6.35. The maximum absolute atomic E-state index is 13.6. The van der Waals surface area contributed by atoms with Gasteiger partial charge in [-0.15, -0.1) is 0 Å². The first-order chi connectivity index (χ1) is 9.72. The molecule has 1 heterocycles. The standard InChI is InChI=1S/C14H17F2N3O/c1-20-8-6-17-9-14-18-5-7-19(14)10-11-12(15)3-2-4-13(11)16/h2-5,7,17H,6,8-10H2,1H3. The average Bonchev–Trinajstić information content (AvgIpc) is 2.87. The Kier molecular flexibility index (Phi) is 5.20. The van der Waals surface area contributed by atoms with Crippen LogP contribution in [0.15, 0.2) is 30.6 Å². The van der Waals surface area contributed by atoms with E-state index in [1.807, 2.05) is 0 Å². The molecule has 0 unspecified atom stereocenters. The van der Waals surface area contributed by atoms with Gasteiger partial charge in [0, 0.05) is 31.6 Å². The van der Waals surface area contributed by atoms with Crippen molar-refractivity contribution in [2.24, 2.45) is 0 Å². The number of hydrogen-bond donors (Lipinski definition) is 1. The lowest BCUT2D eigenvalue weighted by molar-refractivity contribution is 0.199. The number of benzene rings is 1. The first-order valence-corrected chi connectivity index (χ1v) is 6.35. The van der Waals surface area contributed by atoms with Gasteiger partial charge in [-0.1, -0.05) is 6.07 Å². The summed E-state index contributed by atoms with van der Waals surface area (Å²) in [5.74, 6) is -0.363. The van der Waals surface area contributed by atoms with E-state index in [-0.39, 0.29) is 12.1 Å². The Labute approximate surface area is 116 Å². The van der Waals surface area contributed by atoms with Crippen molar-refractivity contribution in [2.45, 2.75) is 13.1 Å². The topological polar surface area (TPSA) is 39.1 Å². The third-order valence-corrected chi connectivity index (χ3v) is 2.96. The van der Waals surface area contributed by atoms with Crippen molar-refractivity contribution in [2.75, 3.05) is 20.3 Å². The third-order valence-electron chi connectivity index (χ3n) is 2.96. The summed E-state index contributed by atoms with van der Waals surface area (Å²) in [6.07, 6.45) is 3.32. The minimum Gasteiger partial charge on any atom is -0.383 e. The van der Waals surface area contributed by atoms with Gasteiger partial charge < -0.3 is 14.6 Å². The van der Waals surface area contributed by atoms with Gasteiger partial charge >= 0.3 is 0 Å². The second-order valence-corrected chi connectivity index (χ2v) is 4.34. The van der Waals surface area contributed by atoms with Crippen LogP contribution in [0.4, 0.5) is 8.78 Å². The Morgan fingerprint density at radius 2 is 2.05 bits per heavy atom. The van der Waals surface area contributed by atoms with Crippen molar-refractivity contribution in [3.8, 4) is 0 Å². The zero-order chi connectivity index (χ0) is 14.4. The van der Waals surface area contributed by atoms with Gasteiger partial charge in [-0.3, -0.25) is 0 Å². The van der Waals surface area contributed by atoms with Crippen molar-refractivity contribution >= 4 is 0 Å². The van der Waals surface area contributed by atoms with E-state index in [4.69, 9.17) is 4.74 Å². The van der Waals surface area contributed by atoms with Crippen molar-refractivity contribution < 1.29 is 13.5 Å². The molecule has 4 nitrogen and oxygen atoms in total. The predicted octanol–water partition coefficient (Wildman–Crippen LogP) is 1.95. The fourth-order valence-electron chi connectivity index (χ4n) is 1.88. The number of ether oxygens (including phenoxy) is 1. The average molecular weight is 281 g/mol. The van der Waals surface area contributed by atoms with Gasteiger partial charge in [-0.25, -0.2) is 13.8 Å². The monoisotopic (exact) mass is 281 g/mol. The Morgan fingerprint density at radius 1 is 1.30 bits per heavy atom. The smallest absolute Gasteiger partial charge is 0.131 e. The molecule has 0 aliphatic heterocycles. The van der Waals surface area contributed by atoms with Crippen molar-refractivity contribution in [1.82, 2.24) is 14.9 Å². The van der Waals surface area contributed by atoms with Crippen LogP contribution >= 0.6 is 0 Å². The highest BCUT2D eigenvalue weighted by Crippen LogP contribution is 2.14. The highest BCUT2D eigenvalue weighted by molar-refractivity contribution is 5.20. The van der Waals surface area contributed by atoms with Crippen LogP contribution in [-0.2, 0) is 17.8 Å². The molecule has 0 spiro atoms. The molecule has 0 bridgehead atoms. The normalized spacial score (nSPS) is 10.9. The third kappa shape index (κ3) is 3.61. The Hall–Kier alpha value is -1.79. The minimum atomic E-state index is -0.544. The number of nitrogens with one attached hydrogen (secondary N) is 1. The number of methoxy groups -OCH3 is 1. The minimum absolute atomic E-state index is 0.0450. The van der Waals surface area contributed by atoms with Crippen LogP contribution < -0.4 is 5.32 Å². The van der Waals surface area contributed by atoms with Gasteiger partial charge in [0.25, 0.3) is 0 Å². The van der Waals surface area contributed by atoms with E-state index in [1.165, 1.54) is 18.2 Å². The van der Waals surface area contributed by atoms with Gasteiger partial charge in [0.1, 0.15) is 17.5 Å². The predicted molar refractivity (Wildman–Crippen MR) is 71.3 cm³/mol. The summed E-state index contributed by atoms with van der Waals surface area (Å²) in [6, 6.07) is 3.87. The highest BCUT2D eigenvalue weighted by Gasteiger charge is 2.11. The van der Waals surface area contributed by atoms with Crippen LogP contribution in [0.25, 0.3) is 0 Å². The van der Waals surface area contributed by atoms with Crippen LogP contribution in [0, 0.1) is 11.6 Å². The van der Waals surface area contributed by atoms with E-state index in [2.05, 4.69) is 10.3 Å². The zero-order valence-electron chi connectivity index (χ0n) is 11.3. The summed E-state index contributed by atoms with van der Waals surface area (Å²) in [4.78, 5) is 4.18. The molecule has 1 N–H and O–H groups in total. The maximum atomic E-state index is 13.6. The van der Waals surface area contributed by atoms with E-state index >= 15 is 0 Å². The van der Waals surface area contributed by atoms with E-state index < -0.39 is 11.6 Å². The highest BCUT2D eigenvalue weighted by atomic mass is 19.1. The molecular formula is C14H17F2N3O. The largest absolute Gasteiger partial charge is 0.383 e. The molecule has 0 aliphatic rings. The lowest BCUT2D eigenvalue weighted by atomic mass is 10.2. The Morgan fingerprint density at radius 3 is 2.75 bits per heavy atom. The molecule has 0 saturated carbocycles. The number of rotatable bonds is 7. The summed E-state index contributed by atoms with van der Waals surface area (Å²) in [6.45, 7) is 1.94. The molecule has 0 aliphatic carbocycles. The first kappa shape index (κ1) is 14.6. The van der Waals surface area contributed by atoms with Crippen LogP contribution in [0.5, 0.6) is 0 Å². The number of aromatic nitrogens is 2. The van der Waals surface area contributed by atoms with E-state index in [0.29, 0.717) is 19.7 Å². The lowest BCUT2D eigenvalue weighted by Crippen LogP contribution is -2.21. The molecule has 0 radical (unpaired) electrons. The van der Waals surface area contributed by atoms with Crippen molar-refractivity contribution in [3.63, 3.8) is 0 Å². The molecule has 1 aromatic heterocycles. The molecule has 108 valence electrons. The van der Waals surface area contributed by atoms with E-state index in [0.717, 1.165) is 5.82 Å². The summed E-state index contributed by atoms with van der Waals surface area (Å²) < 4.78 is 33.9. The van der Waals surface area contributed by atoms with Crippen molar-refractivity contribution in [3.05, 3.63) is 53.6 Å². The summed E-state index contributed by atoms with van der Waals surface area (Å²) in [5, 5.41) is 3.15.